The monoisotopic (exact) mass is 298 g/mol. The van der Waals surface area contributed by atoms with Gasteiger partial charge in [0.1, 0.15) is 0 Å². The Morgan fingerprint density at radius 3 is 2.24 bits per heavy atom. The fourth-order valence-electron chi connectivity index (χ4n) is 2.55. The highest BCUT2D eigenvalue weighted by molar-refractivity contribution is 5.74. The summed E-state index contributed by atoms with van der Waals surface area (Å²) in [5.41, 5.74) is 0.255. The van der Waals surface area contributed by atoms with E-state index in [1.807, 2.05) is 13.8 Å². The van der Waals surface area contributed by atoms with Crippen molar-refractivity contribution in [3.63, 3.8) is 0 Å². The molecule has 1 aromatic carbocycles. The fraction of sp³-hybridized carbons (Fsp3) is 0.562. The zero-order chi connectivity index (χ0) is 16.3. The van der Waals surface area contributed by atoms with E-state index in [9.17, 15) is 13.6 Å². The Morgan fingerprint density at radius 2 is 1.71 bits per heavy atom. The molecular formula is C16H24F2N2O. The Labute approximate surface area is 125 Å². The van der Waals surface area contributed by atoms with Crippen LogP contribution >= 0.6 is 0 Å². The van der Waals surface area contributed by atoms with Crippen LogP contribution in [-0.4, -0.2) is 11.6 Å². The van der Waals surface area contributed by atoms with E-state index < -0.39 is 11.6 Å². The molecule has 2 N–H and O–H groups in total. The maximum Gasteiger partial charge on any atom is 0.315 e. The van der Waals surface area contributed by atoms with E-state index in [-0.39, 0.29) is 23.5 Å². The third kappa shape index (κ3) is 6.56. The predicted molar refractivity (Wildman–Crippen MR) is 79.9 cm³/mol. The van der Waals surface area contributed by atoms with Crippen LogP contribution in [0.15, 0.2) is 18.2 Å². The van der Waals surface area contributed by atoms with Gasteiger partial charge in [0.2, 0.25) is 0 Å². The van der Waals surface area contributed by atoms with Crippen LogP contribution in [0.2, 0.25) is 0 Å². The predicted octanol–water partition coefficient (Wildman–Crippen LogP) is 3.98. The second-order valence-corrected chi connectivity index (χ2v) is 7.18. The lowest BCUT2D eigenvalue weighted by molar-refractivity contribution is 0.210. The van der Waals surface area contributed by atoms with E-state index in [1.54, 1.807) is 0 Å². The van der Waals surface area contributed by atoms with E-state index in [0.717, 1.165) is 18.6 Å². The lowest BCUT2D eigenvalue weighted by Crippen LogP contribution is -2.49. The van der Waals surface area contributed by atoms with Gasteiger partial charge in [0.05, 0.1) is 0 Å². The number of amides is 2. The first-order chi connectivity index (χ1) is 9.48. The molecule has 1 rings (SSSR count). The molecule has 0 aliphatic heterocycles. The number of carbonyl (C=O) groups is 1. The number of rotatable bonds is 4. The lowest BCUT2D eigenvalue weighted by Gasteiger charge is -2.33. The molecule has 0 heterocycles. The standard InChI is InChI=1S/C16H24F2N2O/c1-15(2,3)10-16(4,5)20-14(21)19-9-11-6-7-12(17)13(18)8-11/h6-8H,9-10H2,1-5H3,(H2,19,20,21). The van der Waals surface area contributed by atoms with Gasteiger partial charge in [0.25, 0.3) is 0 Å². The molecule has 0 aromatic heterocycles. The highest BCUT2D eigenvalue weighted by Gasteiger charge is 2.26. The molecular weight excluding hydrogens is 274 g/mol. The molecule has 0 bridgehead atoms. The summed E-state index contributed by atoms with van der Waals surface area (Å²) in [6.07, 6.45) is 0.818. The molecule has 0 aliphatic carbocycles. The number of benzene rings is 1. The molecule has 0 radical (unpaired) electrons. The minimum absolute atomic E-state index is 0.0941. The summed E-state index contributed by atoms with van der Waals surface area (Å²) in [5.74, 6) is -1.81. The first kappa shape index (κ1) is 17.4. The number of nitrogens with one attached hydrogen (secondary N) is 2. The zero-order valence-electron chi connectivity index (χ0n) is 13.3. The Bertz CT molecular complexity index is 507. The maximum absolute atomic E-state index is 13.1. The number of carbonyl (C=O) groups excluding carboxylic acids is 1. The van der Waals surface area contributed by atoms with Gasteiger partial charge in [-0.2, -0.15) is 0 Å². The van der Waals surface area contributed by atoms with E-state index in [2.05, 4.69) is 31.4 Å². The summed E-state index contributed by atoms with van der Waals surface area (Å²) >= 11 is 0. The Morgan fingerprint density at radius 1 is 1.10 bits per heavy atom. The van der Waals surface area contributed by atoms with Gasteiger partial charge in [0, 0.05) is 12.1 Å². The minimum atomic E-state index is -0.914. The average molecular weight is 298 g/mol. The van der Waals surface area contributed by atoms with Gasteiger partial charge in [-0.25, -0.2) is 13.6 Å². The van der Waals surface area contributed by atoms with Crippen LogP contribution in [0, 0.1) is 17.0 Å². The van der Waals surface area contributed by atoms with Gasteiger partial charge in [0.15, 0.2) is 11.6 Å². The molecule has 0 saturated heterocycles. The third-order valence-corrected chi connectivity index (χ3v) is 2.86. The Balaban J connectivity index is 2.52. The van der Waals surface area contributed by atoms with E-state index in [0.29, 0.717) is 5.56 Å². The number of hydrogen-bond donors (Lipinski definition) is 2. The molecule has 21 heavy (non-hydrogen) atoms. The van der Waals surface area contributed by atoms with Crippen LogP contribution in [0.5, 0.6) is 0 Å². The second kappa shape index (κ2) is 6.41. The van der Waals surface area contributed by atoms with E-state index in [4.69, 9.17) is 0 Å². The topological polar surface area (TPSA) is 41.1 Å². The first-order valence-corrected chi connectivity index (χ1v) is 6.98. The second-order valence-electron chi connectivity index (χ2n) is 7.18. The van der Waals surface area contributed by atoms with Gasteiger partial charge in [-0.3, -0.25) is 0 Å². The molecule has 0 unspecified atom stereocenters. The van der Waals surface area contributed by atoms with Crippen LogP contribution < -0.4 is 10.6 Å². The van der Waals surface area contributed by atoms with Crippen molar-refractivity contribution in [3.05, 3.63) is 35.4 Å². The highest BCUT2D eigenvalue weighted by Crippen LogP contribution is 2.26. The van der Waals surface area contributed by atoms with Crippen LogP contribution in [0.25, 0.3) is 0 Å². The van der Waals surface area contributed by atoms with Crippen molar-refractivity contribution in [2.24, 2.45) is 5.41 Å². The average Bonchev–Trinajstić information content (AvgIpc) is 2.26. The normalized spacial score (nSPS) is 12.1. The van der Waals surface area contributed by atoms with Crippen molar-refractivity contribution in [1.82, 2.24) is 10.6 Å². The number of urea groups is 1. The smallest absolute Gasteiger partial charge is 0.315 e. The largest absolute Gasteiger partial charge is 0.334 e. The van der Waals surface area contributed by atoms with Gasteiger partial charge >= 0.3 is 6.03 Å². The van der Waals surface area contributed by atoms with Crippen molar-refractivity contribution in [3.8, 4) is 0 Å². The lowest BCUT2D eigenvalue weighted by atomic mass is 9.82. The van der Waals surface area contributed by atoms with E-state index >= 15 is 0 Å². The third-order valence-electron chi connectivity index (χ3n) is 2.86. The summed E-state index contributed by atoms with van der Waals surface area (Å²) in [7, 11) is 0. The SMILES string of the molecule is CC(C)(C)CC(C)(C)NC(=O)NCc1ccc(F)c(F)c1. The molecule has 3 nitrogen and oxygen atoms in total. The molecule has 0 saturated carbocycles. The number of halogens is 2. The molecule has 2 amide bonds. The summed E-state index contributed by atoms with van der Waals surface area (Å²) in [4.78, 5) is 11.9. The Kier molecular flexibility index (Phi) is 5.31. The summed E-state index contributed by atoms with van der Waals surface area (Å²) < 4.78 is 25.9. The van der Waals surface area contributed by atoms with Crippen LogP contribution in [0.3, 0.4) is 0 Å². The first-order valence-electron chi connectivity index (χ1n) is 6.98. The summed E-state index contributed by atoms with van der Waals surface area (Å²) in [5, 5.41) is 5.54. The molecule has 0 spiro atoms. The van der Waals surface area contributed by atoms with E-state index in [1.165, 1.54) is 6.07 Å². The van der Waals surface area contributed by atoms with Crippen molar-refractivity contribution in [1.29, 1.82) is 0 Å². The summed E-state index contributed by atoms with van der Waals surface area (Å²) in [6, 6.07) is 3.25. The van der Waals surface area contributed by atoms with Gasteiger partial charge < -0.3 is 10.6 Å². The van der Waals surface area contributed by atoms with Crippen LogP contribution in [0.1, 0.15) is 46.6 Å². The van der Waals surface area contributed by atoms with Crippen LogP contribution in [0.4, 0.5) is 13.6 Å². The van der Waals surface area contributed by atoms with Gasteiger partial charge in [-0.15, -0.1) is 0 Å². The Hall–Kier alpha value is -1.65. The maximum atomic E-state index is 13.1. The molecule has 1 aromatic rings. The quantitative estimate of drug-likeness (QED) is 0.867. The fourth-order valence-corrected chi connectivity index (χ4v) is 2.55. The highest BCUT2D eigenvalue weighted by atomic mass is 19.2. The zero-order valence-corrected chi connectivity index (χ0v) is 13.3. The van der Waals surface area contributed by atoms with Gasteiger partial charge in [-0.05, 0) is 43.4 Å². The van der Waals surface area contributed by atoms with Gasteiger partial charge in [-0.1, -0.05) is 26.8 Å². The molecule has 0 atom stereocenters. The van der Waals surface area contributed by atoms with Crippen molar-refractivity contribution < 1.29 is 13.6 Å². The van der Waals surface area contributed by atoms with Crippen molar-refractivity contribution in [2.75, 3.05) is 0 Å². The van der Waals surface area contributed by atoms with Crippen molar-refractivity contribution in [2.45, 2.75) is 53.1 Å². The van der Waals surface area contributed by atoms with Crippen LogP contribution in [-0.2, 0) is 6.54 Å². The summed E-state index contributed by atoms with van der Waals surface area (Å²) in [6.45, 7) is 10.4. The molecule has 0 aliphatic rings. The van der Waals surface area contributed by atoms with Crippen molar-refractivity contribution >= 4 is 6.03 Å². The molecule has 118 valence electrons. The molecule has 5 heteroatoms. The number of hydrogen-bond acceptors (Lipinski definition) is 1. The minimum Gasteiger partial charge on any atom is -0.334 e. The molecule has 0 fully saturated rings.